The van der Waals surface area contributed by atoms with Crippen LogP contribution in [0.25, 0.3) is 10.9 Å². The zero-order chi connectivity index (χ0) is 19.7. The van der Waals surface area contributed by atoms with Gasteiger partial charge in [-0.3, -0.25) is 0 Å². The van der Waals surface area contributed by atoms with Crippen molar-refractivity contribution < 1.29 is 9.90 Å². The molecule has 1 aliphatic heterocycles. The maximum absolute atomic E-state index is 11.3. The monoisotopic (exact) mass is 379 g/mol. The Balaban J connectivity index is 1.70. The first-order valence-corrected chi connectivity index (χ1v) is 9.56. The Morgan fingerprint density at radius 1 is 1.36 bits per heavy atom. The van der Waals surface area contributed by atoms with Gasteiger partial charge in [-0.05, 0) is 61.7 Å². The van der Waals surface area contributed by atoms with Gasteiger partial charge in [0.1, 0.15) is 0 Å². The number of carboxylic acid groups (broad SMARTS) is 1. The molecule has 0 saturated carbocycles. The number of rotatable bonds is 4. The Kier molecular flexibility index (Phi) is 4.92. The smallest absolute Gasteiger partial charge is 0.432 e. The van der Waals surface area contributed by atoms with Gasteiger partial charge in [-0.25, -0.2) is 4.79 Å². The number of nitrogens with zero attached hydrogens (tertiary/aromatic N) is 3. The fraction of sp³-hybridized carbons (Fsp3) is 0.333. The lowest BCUT2D eigenvalue weighted by Gasteiger charge is -2.36. The molecule has 2 heterocycles. The number of hydrogen-bond acceptors (Lipinski definition) is 5. The zero-order valence-electron chi connectivity index (χ0n) is 15.9. The minimum absolute atomic E-state index is 0.364. The zero-order valence-corrected chi connectivity index (χ0v) is 15.9. The lowest BCUT2D eigenvalue weighted by atomic mass is 10.0. The fourth-order valence-electron chi connectivity index (χ4n) is 3.87. The highest BCUT2D eigenvalue weighted by Crippen LogP contribution is 2.28. The van der Waals surface area contributed by atoms with Gasteiger partial charge >= 0.3 is 6.09 Å². The Hall–Kier alpha value is -3.06. The summed E-state index contributed by atoms with van der Waals surface area (Å²) in [5.41, 5.74) is 10.8. The average molecular weight is 379 g/mol. The van der Waals surface area contributed by atoms with Crippen molar-refractivity contribution in [2.45, 2.75) is 32.4 Å². The van der Waals surface area contributed by atoms with Gasteiger partial charge in [0.25, 0.3) is 0 Å². The number of nitrogen functional groups attached to an aromatic ring is 1. The second-order valence-corrected chi connectivity index (χ2v) is 7.40. The van der Waals surface area contributed by atoms with Crippen molar-refractivity contribution in [1.82, 2.24) is 15.1 Å². The molecular formula is C21H25N5O2. The molecule has 4 N–H and O–H groups in total. The molecule has 1 unspecified atom stereocenters. The number of aryl methyl sites for hydroxylation is 1. The lowest BCUT2D eigenvalue weighted by Crippen LogP contribution is -2.45. The van der Waals surface area contributed by atoms with Gasteiger partial charge < -0.3 is 21.1 Å². The van der Waals surface area contributed by atoms with E-state index < -0.39 is 6.09 Å². The molecule has 0 amide bonds. The number of fused-ring (bicyclic) bond motifs is 1. The summed E-state index contributed by atoms with van der Waals surface area (Å²) in [5, 5.41) is 17.6. The molecular weight excluding hydrogens is 354 g/mol. The van der Waals surface area contributed by atoms with Gasteiger partial charge in [-0.15, -0.1) is 0 Å². The first-order valence-electron chi connectivity index (χ1n) is 9.56. The Morgan fingerprint density at radius 2 is 2.21 bits per heavy atom. The summed E-state index contributed by atoms with van der Waals surface area (Å²) >= 11 is 0. The van der Waals surface area contributed by atoms with Crippen LogP contribution < -0.4 is 16.0 Å². The summed E-state index contributed by atoms with van der Waals surface area (Å²) in [5.74, 6) is 0. The van der Waals surface area contributed by atoms with Crippen molar-refractivity contribution in [2.24, 2.45) is 0 Å². The van der Waals surface area contributed by atoms with E-state index in [0.717, 1.165) is 65.0 Å². The third-order valence-corrected chi connectivity index (χ3v) is 5.47. The largest absolute Gasteiger partial charge is 0.463 e. The van der Waals surface area contributed by atoms with E-state index in [4.69, 9.17) is 5.73 Å². The van der Waals surface area contributed by atoms with Crippen LogP contribution in [-0.4, -0.2) is 40.1 Å². The van der Waals surface area contributed by atoms with Crippen LogP contribution in [0, 0.1) is 6.92 Å². The molecule has 1 aliphatic rings. The van der Waals surface area contributed by atoms with E-state index in [1.165, 1.54) is 0 Å². The third kappa shape index (κ3) is 3.53. The number of benzene rings is 2. The van der Waals surface area contributed by atoms with Gasteiger partial charge in [-0.1, -0.05) is 12.1 Å². The van der Waals surface area contributed by atoms with Gasteiger partial charge in [-0.2, -0.15) is 9.78 Å². The molecule has 2 aromatic carbocycles. The van der Waals surface area contributed by atoms with E-state index in [2.05, 4.69) is 27.4 Å². The normalized spacial score (nSPS) is 17.0. The molecule has 7 nitrogen and oxygen atoms in total. The number of nitrogens with two attached hydrogens (primary N) is 1. The molecule has 7 heteroatoms. The molecule has 1 saturated heterocycles. The highest BCUT2D eigenvalue weighted by Gasteiger charge is 2.22. The van der Waals surface area contributed by atoms with Crippen LogP contribution in [0.1, 0.15) is 24.0 Å². The Labute approximate surface area is 163 Å². The van der Waals surface area contributed by atoms with Gasteiger partial charge in [0.05, 0.1) is 11.7 Å². The van der Waals surface area contributed by atoms with E-state index >= 15 is 0 Å². The van der Waals surface area contributed by atoms with Crippen molar-refractivity contribution in [3.63, 3.8) is 0 Å². The predicted octanol–water partition coefficient (Wildman–Crippen LogP) is 3.21. The number of piperidine rings is 1. The third-order valence-electron chi connectivity index (χ3n) is 5.47. The van der Waals surface area contributed by atoms with E-state index in [1.54, 1.807) is 6.20 Å². The molecule has 0 aliphatic carbocycles. The summed E-state index contributed by atoms with van der Waals surface area (Å²) in [4.78, 5) is 13.7. The molecule has 0 bridgehead atoms. The molecule has 0 spiro atoms. The molecule has 0 radical (unpaired) electrons. The van der Waals surface area contributed by atoms with Crippen LogP contribution in [0.5, 0.6) is 0 Å². The Morgan fingerprint density at radius 3 is 2.93 bits per heavy atom. The van der Waals surface area contributed by atoms with Crippen LogP contribution in [0.4, 0.5) is 16.2 Å². The van der Waals surface area contributed by atoms with Crippen molar-refractivity contribution in [3.8, 4) is 0 Å². The van der Waals surface area contributed by atoms with Crippen LogP contribution in [0.2, 0.25) is 0 Å². The minimum Gasteiger partial charge on any atom is -0.463 e. The van der Waals surface area contributed by atoms with Crippen LogP contribution in [0.15, 0.2) is 42.6 Å². The van der Waals surface area contributed by atoms with Crippen molar-refractivity contribution in [1.29, 1.82) is 0 Å². The quantitative estimate of drug-likeness (QED) is 0.603. The standard InChI is InChI=1S/C21H25N5O2/c1-14-4-5-15(9-19(14)22)13-25(18-3-2-8-23-12-18)17-6-7-20-16(10-17)11-24-26(20)21(27)28/h4-7,9-11,18,23H,2-3,8,12-13,22H2,1H3,(H,27,28). The molecule has 1 aromatic heterocycles. The van der Waals surface area contributed by atoms with E-state index in [9.17, 15) is 9.90 Å². The summed E-state index contributed by atoms with van der Waals surface area (Å²) < 4.78 is 1.01. The number of carbonyl (C=O) groups is 1. The highest BCUT2D eigenvalue weighted by molar-refractivity contribution is 5.89. The molecule has 28 heavy (non-hydrogen) atoms. The number of aromatic nitrogens is 2. The maximum atomic E-state index is 11.3. The molecule has 1 atom stereocenters. The SMILES string of the molecule is Cc1ccc(CN(c2ccc3c(cnn3C(=O)O)c2)C2CCCNC2)cc1N. The van der Waals surface area contributed by atoms with Gasteiger partial charge in [0.2, 0.25) is 0 Å². The number of hydrogen-bond donors (Lipinski definition) is 3. The van der Waals surface area contributed by atoms with Gasteiger partial charge in [0, 0.05) is 35.9 Å². The fourth-order valence-corrected chi connectivity index (χ4v) is 3.87. The van der Waals surface area contributed by atoms with Crippen LogP contribution in [-0.2, 0) is 6.54 Å². The van der Waals surface area contributed by atoms with Crippen molar-refractivity contribution >= 4 is 28.4 Å². The minimum atomic E-state index is -1.08. The van der Waals surface area contributed by atoms with Gasteiger partial charge in [0.15, 0.2) is 0 Å². The number of nitrogens with one attached hydrogen (secondary N) is 1. The Bertz CT molecular complexity index is 1010. The predicted molar refractivity (Wildman–Crippen MR) is 111 cm³/mol. The van der Waals surface area contributed by atoms with Crippen molar-refractivity contribution in [2.75, 3.05) is 23.7 Å². The lowest BCUT2D eigenvalue weighted by molar-refractivity contribution is 0.194. The van der Waals surface area contributed by atoms with E-state index in [1.807, 2.05) is 31.2 Å². The van der Waals surface area contributed by atoms with E-state index in [-0.39, 0.29) is 0 Å². The molecule has 1 fully saturated rings. The first-order chi connectivity index (χ1) is 13.5. The number of anilines is 2. The van der Waals surface area contributed by atoms with Crippen LogP contribution >= 0.6 is 0 Å². The summed E-state index contributed by atoms with van der Waals surface area (Å²) in [6.07, 6.45) is 2.77. The summed E-state index contributed by atoms with van der Waals surface area (Å²) in [6.45, 7) is 4.73. The summed E-state index contributed by atoms with van der Waals surface area (Å²) in [6, 6.07) is 12.4. The second kappa shape index (κ2) is 7.52. The average Bonchev–Trinajstić information content (AvgIpc) is 3.13. The first kappa shape index (κ1) is 18.3. The topological polar surface area (TPSA) is 96.4 Å². The molecule has 146 valence electrons. The summed E-state index contributed by atoms with van der Waals surface area (Å²) in [7, 11) is 0. The van der Waals surface area contributed by atoms with Crippen LogP contribution in [0.3, 0.4) is 0 Å². The second-order valence-electron chi connectivity index (χ2n) is 7.40. The highest BCUT2D eigenvalue weighted by atomic mass is 16.4. The molecule has 3 aromatic rings. The maximum Gasteiger partial charge on any atom is 0.432 e. The van der Waals surface area contributed by atoms with E-state index in [0.29, 0.717) is 11.6 Å². The van der Waals surface area contributed by atoms with Crippen molar-refractivity contribution in [3.05, 3.63) is 53.7 Å². The molecule has 4 rings (SSSR count).